The summed E-state index contributed by atoms with van der Waals surface area (Å²) in [5.74, 6) is 0.798. The number of hydrogen-bond donors (Lipinski definition) is 1. The van der Waals surface area contributed by atoms with Gasteiger partial charge in [0, 0.05) is 11.9 Å². The van der Waals surface area contributed by atoms with Gasteiger partial charge in [-0.2, -0.15) is 5.26 Å². The molecule has 0 spiro atoms. The number of nitrogens with zero attached hydrogens (tertiary/aromatic N) is 3. The topological polar surface area (TPSA) is 52.0 Å². The molecule has 1 aliphatic rings. The molecule has 4 nitrogen and oxygen atoms in total. The minimum atomic E-state index is 0.683. The SMILES string of the molecule is N#Cc1cc(NCCCN2CCCC2)nc2ccccc12. The summed E-state index contributed by atoms with van der Waals surface area (Å²) in [6.07, 6.45) is 3.78. The van der Waals surface area contributed by atoms with Crippen LogP contribution in [0.5, 0.6) is 0 Å². The lowest BCUT2D eigenvalue weighted by Crippen LogP contribution is -2.22. The first-order valence-electron chi connectivity index (χ1n) is 7.63. The van der Waals surface area contributed by atoms with Gasteiger partial charge in [-0.1, -0.05) is 18.2 Å². The second kappa shape index (κ2) is 6.55. The third kappa shape index (κ3) is 3.32. The lowest BCUT2D eigenvalue weighted by atomic mass is 10.1. The van der Waals surface area contributed by atoms with Gasteiger partial charge in [0.25, 0.3) is 0 Å². The molecule has 1 aromatic heterocycles. The average Bonchev–Trinajstić information content (AvgIpc) is 3.04. The van der Waals surface area contributed by atoms with E-state index in [4.69, 9.17) is 0 Å². The molecule has 3 rings (SSSR count). The van der Waals surface area contributed by atoms with E-state index in [1.807, 2.05) is 30.3 Å². The number of anilines is 1. The highest BCUT2D eigenvalue weighted by atomic mass is 15.1. The number of rotatable bonds is 5. The molecule has 4 heteroatoms. The predicted molar refractivity (Wildman–Crippen MR) is 85.2 cm³/mol. The number of aromatic nitrogens is 1. The van der Waals surface area contributed by atoms with E-state index < -0.39 is 0 Å². The molecular formula is C17H20N4. The second-order valence-corrected chi connectivity index (χ2v) is 5.51. The van der Waals surface area contributed by atoms with Gasteiger partial charge >= 0.3 is 0 Å². The third-order valence-corrected chi connectivity index (χ3v) is 3.99. The van der Waals surface area contributed by atoms with Crippen molar-refractivity contribution in [3.05, 3.63) is 35.9 Å². The van der Waals surface area contributed by atoms with Gasteiger partial charge in [0.2, 0.25) is 0 Å². The Kier molecular flexibility index (Phi) is 4.32. The summed E-state index contributed by atoms with van der Waals surface area (Å²) in [5.41, 5.74) is 1.56. The Morgan fingerprint density at radius 1 is 1.24 bits per heavy atom. The van der Waals surface area contributed by atoms with Crippen LogP contribution in [0.1, 0.15) is 24.8 Å². The Hall–Kier alpha value is -2.12. The molecular weight excluding hydrogens is 260 g/mol. The lowest BCUT2D eigenvalue weighted by Gasteiger charge is -2.14. The molecule has 2 heterocycles. The zero-order valence-corrected chi connectivity index (χ0v) is 12.2. The number of nitrogens with one attached hydrogen (secondary N) is 1. The molecule has 1 N–H and O–H groups in total. The Morgan fingerprint density at radius 2 is 2.05 bits per heavy atom. The van der Waals surface area contributed by atoms with Gasteiger partial charge in [-0.15, -0.1) is 0 Å². The van der Waals surface area contributed by atoms with E-state index in [1.54, 1.807) is 0 Å². The van der Waals surface area contributed by atoms with Crippen LogP contribution in [0, 0.1) is 11.3 Å². The number of nitriles is 1. The largest absolute Gasteiger partial charge is 0.370 e. The maximum atomic E-state index is 9.26. The molecule has 21 heavy (non-hydrogen) atoms. The van der Waals surface area contributed by atoms with Gasteiger partial charge in [-0.25, -0.2) is 4.98 Å². The number of likely N-dealkylation sites (tertiary alicyclic amines) is 1. The summed E-state index contributed by atoms with van der Waals surface area (Å²) in [6.45, 7) is 4.53. The predicted octanol–water partition coefficient (Wildman–Crippen LogP) is 3.00. The van der Waals surface area contributed by atoms with Crippen LogP contribution in [0.4, 0.5) is 5.82 Å². The highest BCUT2D eigenvalue weighted by Gasteiger charge is 2.10. The summed E-state index contributed by atoms with van der Waals surface area (Å²) in [6, 6.07) is 11.9. The number of benzene rings is 1. The van der Waals surface area contributed by atoms with Crippen molar-refractivity contribution in [1.29, 1.82) is 5.26 Å². The maximum absolute atomic E-state index is 9.26. The minimum Gasteiger partial charge on any atom is -0.370 e. The van der Waals surface area contributed by atoms with Gasteiger partial charge < -0.3 is 10.2 Å². The highest BCUT2D eigenvalue weighted by molar-refractivity contribution is 5.86. The number of pyridine rings is 1. The van der Waals surface area contributed by atoms with E-state index in [9.17, 15) is 5.26 Å². The van der Waals surface area contributed by atoms with Crippen molar-refractivity contribution in [1.82, 2.24) is 9.88 Å². The van der Waals surface area contributed by atoms with Gasteiger partial charge in [0.05, 0.1) is 17.1 Å². The van der Waals surface area contributed by atoms with Crippen LogP contribution in [-0.4, -0.2) is 36.1 Å². The van der Waals surface area contributed by atoms with Crippen molar-refractivity contribution in [2.24, 2.45) is 0 Å². The Morgan fingerprint density at radius 3 is 2.86 bits per heavy atom. The molecule has 2 aromatic rings. The van der Waals surface area contributed by atoms with Crippen molar-refractivity contribution in [2.75, 3.05) is 31.5 Å². The molecule has 1 fully saturated rings. The van der Waals surface area contributed by atoms with Crippen molar-refractivity contribution in [3.8, 4) is 6.07 Å². The number of hydrogen-bond acceptors (Lipinski definition) is 4. The zero-order chi connectivity index (χ0) is 14.5. The first-order chi connectivity index (χ1) is 10.4. The van der Waals surface area contributed by atoms with Crippen molar-refractivity contribution in [2.45, 2.75) is 19.3 Å². The van der Waals surface area contributed by atoms with E-state index in [-0.39, 0.29) is 0 Å². The molecule has 1 aromatic carbocycles. The number of para-hydroxylation sites is 1. The van der Waals surface area contributed by atoms with Crippen molar-refractivity contribution < 1.29 is 0 Å². The first kappa shape index (κ1) is 13.8. The lowest BCUT2D eigenvalue weighted by molar-refractivity contribution is 0.337. The third-order valence-electron chi connectivity index (χ3n) is 3.99. The minimum absolute atomic E-state index is 0.683. The van der Waals surface area contributed by atoms with Crippen molar-refractivity contribution >= 4 is 16.7 Å². The molecule has 0 atom stereocenters. The van der Waals surface area contributed by atoms with Crippen LogP contribution in [0.2, 0.25) is 0 Å². The average molecular weight is 280 g/mol. The van der Waals surface area contributed by atoms with Crippen LogP contribution in [0.3, 0.4) is 0 Å². The Bertz CT molecular complexity index is 653. The van der Waals surface area contributed by atoms with Crippen LogP contribution in [-0.2, 0) is 0 Å². The van der Waals surface area contributed by atoms with Crippen LogP contribution >= 0.6 is 0 Å². The quantitative estimate of drug-likeness (QED) is 0.855. The monoisotopic (exact) mass is 280 g/mol. The molecule has 0 saturated carbocycles. The van der Waals surface area contributed by atoms with E-state index in [2.05, 4.69) is 21.3 Å². The van der Waals surface area contributed by atoms with Gasteiger partial charge in [0.1, 0.15) is 5.82 Å². The number of fused-ring (bicyclic) bond motifs is 1. The van der Waals surface area contributed by atoms with E-state index in [0.717, 1.165) is 36.2 Å². The summed E-state index contributed by atoms with van der Waals surface area (Å²) in [5, 5.41) is 13.5. The summed E-state index contributed by atoms with van der Waals surface area (Å²) >= 11 is 0. The molecule has 0 aliphatic carbocycles. The molecule has 108 valence electrons. The molecule has 0 unspecified atom stereocenters. The highest BCUT2D eigenvalue weighted by Crippen LogP contribution is 2.20. The maximum Gasteiger partial charge on any atom is 0.127 e. The van der Waals surface area contributed by atoms with Gasteiger partial charge in [-0.05, 0) is 51.0 Å². The van der Waals surface area contributed by atoms with Gasteiger partial charge in [0.15, 0.2) is 0 Å². The van der Waals surface area contributed by atoms with Gasteiger partial charge in [-0.3, -0.25) is 0 Å². The smallest absolute Gasteiger partial charge is 0.127 e. The zero-order valence-electron chi connectivity index (χ0n) is 12.2. The fourth-order valence-corrected chi connectivity index (χ4v) is 2.88. The van der Waals surface area contributed by atoms with E-state index in [1.165, 1.54) is 25.9 Å². The fourth-order valence-electron chi connectivity index (χ4n) is 2.88. The fraction of sp³-hybridized carbons (Fsp3) is 0.412. The molecule has 0 radical (unpaired) electrons. The Balaban J connectivity index is 1.62. The van der Waals surface area contributed by atoms with Crippen molar-refractivity contribution in [3.63, 3.8) is 0 Å². The van der Waals surface area contributed by atoms with Crippen LogP contribution in [0.15, 0.2) is 30.3 Å². The standard InChI is InChI=1S/C17H20N4/c18-13-14-12-17(20-16-7-2-1-6-15(14)16)19-8-5-11-21-9-3-4-10-21/h1-2,6-7,12H,3-5,8-11H2,(H,19,20). The normalized spacial score (nSPS) is 15.2. The second-order valence-electron chi connectivity index (χ2n) is 5.51. The molecule has 0 amide bonds. The molecule has 1 saturated heterocycles. The van der Waals surface area contributed by atoms with Crippen LogP contribution in [0.25, 0.3) is 10.9 Å². The van der Waals surface area contributed by atoms with Crippen LogP contribution < -0.4 is 5.32 Å². The Labute approximate surface area is 125 Å². The van der Waals surface area contributed by atoms with E-state index in [0.29, 0.717) is 5.56 Å². The first-order valence-corrected chi connectivity index (χ1v) is 7.63. The summed E-state index contributed by atoms with van der Waals surface area (Å²) in [4.78, 5) is 7.09. The summed E-state index contributed by atoms with van der Waals surface area (Å²) < 4.78 is 0. The molecule has 1 aliphatic heterocycles. The summed E-state index contributed by atoms with van der Waals surface area (Å²) in [7, 11) is 0. The molecule has 0 bridgehead atoms. The van der Waals surface area contributed by atoms with E-state index >= 15 is 0 Å².